The van der Waals surface area contributed by atoms with Crippen LogP contribution in [0.1, 0.15) is 46.0 Å². The van der Waals surface area contributed by atoms with Crippen LogP contribution in [0.25, 0.3) is 0 Å². The summed E-state index contributed by atoms with van der Waals surface area (Å²) in [6.07, 6.45) is 4.17. The highest BCUT2D eigenvalue weighted by molar-refractivity contribution is 4.76. The van der Waals surface area contributed by atoms with Gasteiger partial charge in [-0.25, -0.2) is 0 Å². The SMILES string of the molecule is CC(C)(CO)C(O)CCCCCCO. The van der Waals surface area contributed by atoms with E-state index >= 15 is 0 Å². The maximum Gasteiger partial charge on any atom is 0.0613 e. The van der Waals surface area contributed by atoms with E-state index in [0.717, 1.165) is 32.1 Å². The van der Waals surface area contributed by atoms with Crippen molar-refractivity contribution in [2.45, 2.75) is 52.1 Å². The molecule has 3 N–H and O–H groups in total. The first-order valence-electron chi connectivity index (χ1n) is 5.44. The van der Waals surface area contributed by atoms with Crippen molar-refractivity contribution >= 4 is 0 Å². The van der Waals surface area contributed by atoms with Crippen LogP contribution < -0.4 is 0 Å². The molecule has 0 aromatic rings. The molecule has 0 amide bonds. The van der Waals surface area contributed by atoms with Crippen molar-refractivity contribution in [1.82, 2.24) is 0 Å². The fourth-order valence-electron chi connectivity index (χ4n) is 1.30. The molecule has 0 radical (unpaired) electrons. The van der Waals surface area contributed by atoms with Gasteiger partial charge in [0.05, 0.1) is 12.7 Å². The minimum absolute atomic E-state index is 0.0187. The van der Waals surface area contributed by atoms with Crippen molar-refractivity contribution in [3.05, 3.63) is 0 Å². The maximum absolute atomic E-state index is 9.72. The molecule has 3 nitrogen and oxygen atoms in total. The average Bonchev–Trinajstić information content (AvgIpc) is 2.17. The van der Waals surface area contributed by atoms with Crippen LogP contribution in [0.4, 0.5) is 0 Å². The number of rotatable bonds is 8. The van der Waals surface area contributed by atoms with Crippen molar-refractivity contribution in [3.63, 3.8) is 0 Å². The fraction of sp³-hybridized carbons (Fsp3) is 1.00. The number of hydrogen-bond donors (Lipinski definition) is 3. The molecule has 0 spiro atoms. The predicted molar refractivity (Wildman–Crippen MR) is 57.0 cm³/mol. The first kappa shape index (κ1) is 13.9. The highest BCUT2D eigenvalue weighted by Crippen LogP contribution is 2.23. The summed E-state index contributed by atoms with van der Waals surface area (Å²) in [5, 5.41) is 27.3. The second-order valence-corrected chi connectivity index (χ2v) is 4.59. The molecule has 14 heavy (non-hydrogen) atoms. The van der Waals surface area contributed by atoms with E-state index in [1.54, 1.807) is 0 Å². The molecule has 0 bridgehead atoms. The van der Waals surface area contributed by atoms with E-state index in [2.05, 4.69) is 0 Å². The van der Waals surface area contributed by atoms with E-state index in [0.29, 0.717) is 0 Å². The van der Waals surface area contributed by atoms with Gasteiger partial charge in [-0.2, -0.15) is 0 Å². The quantitative estimate of drug-likeness (QED) is 0.522. The van der Waals surface area contributed by atoms with Gasteiger partial charge in [-0.15, -0.1) is 0 Å². The third-order valence-electron chi connectivity index (χ3n) is 2.70. The molecule has 0 heterocycles. The third kappa shape index (κ3) is 5.58. The molecule has 0 aliphatic rings. The molecule has 0 saturated carbocycles. The van der Waals surface area contributed by atoms with E-state index in [9.17, 15) is 5.11 Å². The highest BCUT2D eigenvalue weighted by atomic mass is 16.3. The van der Waals surface area contributed by atoms with Crippen molar-refractivity contribution in [1.29, 1.82) is 0 Å². The van der Waals surface area contributed by atoms with E-state index in [1.165, 1.54) is 0 Å². The monoisotopic (exact) mass is 204 g/mol. The Kier molecular flexibility index (Phi) is 7.15. The zero-order chi connectivity index (χ0) is 11.0. The van der Waals surface area contributed by atoms with E-state index < -0.39 is 11.5 Å². The maximum atomic E-state index is 9.72. The molecule has 0 aromatic carbocycles. The summed E-state index contributed by atoms with van der Waals surface area (Å²) in [6, 6.07) is 0. The Bertz CT molecular complexity index is 134. The molecule has 0 aliphatic carbocycles. The van der Waals surface area contributed by atoms with E-state index in [1.807, 2.05) is 13.8 Å². The Balaban J connectivity index is 3.48. The Morgan fingerprint density at radius 3 is 2.07 bits per heavy atom. The fourth-order valence-corrected chi connectivity index (χ4v) is 1.30. The molecule has 1 unspecified atom stereocenters. The zero-order valence-electron chi connectivity index (χ0n) is 9.37. The number of aliphatic hydroxyl groups is 3. The number of aliphatic hydroxyl groups excluding tert-OH is 3. The second-order valence-electron chi connectivity index (χ2n) is 4.59. The van der Waals surface area contributed by atoms with Crippen molar-refractivity contribution in [2.24, 2.45) is 5.41 Å². The standard InChI is InChI=1S/C11H24O3/c1-11(2,9-13)10(14)7-5-3-4-6-8-12/h10,12-14H,3-9H2,1-2H3. The molecule has 3 heteroatoms. The molecule has 86 valence electrons. The van der Waals surface area contributed by atoms with Gasteiger partial charge in [0.1, 0.15) is 0 Å². The summed E-state index contributed by atoms with van der Waals surface area (Å²) in [6.45, 7) is 4.01. The Morgan fingerprint density at radius 2 is 1.57 bits per heavy atom. The van der Waals surface area contributed by atoms with Gasteiger partial charge >= 0.3 is 0 Å². The van der Waals surface area contributed by atoms with Crippen LogP contribution in [0, 0.1) is 5.41 Å². The molecule has 0 saturated heterocycles. The van der Waals surface area contributed by atoms with Crippen molar-refractivity contribution < 1.29 is 15.3 Å². The molecule has 0 aromatic heterocycles. The summed E-state index contributed by atoms with van der Waals surface area (Å²) in [7, 11) is 0. The second kappa shape index (κ2) is 7.21. The minimum atomic E-state index is -0.429. The summed E-state index contributed by atoms with van der Waals surface area (Å²) in [5.74, 6) is 0. The van der Waals surface area contributed by atoms with Gasteiger partial charge in [0.15, 0.2) is 0 Å². The molecule has 0 fully saturated rings. The molecule has 0 aliphatic heterocycles. The lowest BCUT2D eigenvalue weighted by molar-refractivity contribution is 0.00140. The normalized spacial score (nSPS) is 14.4. The van der Waals surface area contributed by atoms with Gasteiger partial charge in [0.25, 0.3) is 0 Å². The predicted octanol–water partition coefficient (Wildman–Crippen LogP) is 1.31. The summed E-state index contributed by atoms with van der Waals surface area (Å²) >= 11 is 0. The van der Waals surface area contributed by atoms with Crippen LogP contribution in [-0.2, 0) is 0 Å². The van der Waals surface area contributed by atoms with Crippen LogP contribution in [0.2, 0.25) is 0 Å². The summed E-state index contributed by atoms with van der Waals surface area (Å²) in [4.78, 5) is 0. The van der Waals surface area contributed by atoms with E-state index in [4.69, 9.17) is 10.2 Å². The van der Waals surface area contributed by atoms with Gasteiger partial charge < -0.3 is 15.3 Å². The smallest absolute Gasteiger partial charge is 0.0613 e. The van der Waals surface area contributed by atoms with Gasteiger partial charge in [0.2, 0.25) is 0 Å². The van der Waals surface area contributed by atoms with Crippen LogP contribution in [0.5, 0.6) is 0 Å². The van der Waals surface area contributed by atoms with Gasteiger partial charge in [-0.05, 0) is 12.8 Å². The summed E-state index contributed by atoms with van der Waals surface area (Å²) in [5.41, 5.74) is -0.392. The van der Waals surface area contributed by atoms with Crippen molar-refractivity contribution in [3.8, 4) is 0 Å². The van der Waals surface area contributed by atoms with Gasteiger partial charge in [-0.1, -0.05) is 33.1 Å². The lowest BCUT2D eigenvalue weighted by Gasteiger charge is -2.28. The van der Waals surface area contributed by atoms with Crippen LogP contribution >= 0.6 is 0 Å². The van der Waals surface area contributed by atoms with Crippen molar-refractivity contribution in [2.75, 3.05) is 13.2 Å². The Labute approximate surface area is 86.8 Å². The van der Waals surface area contributed by atoms with Gasteiger partial charge in [0, 0.05) is 12.0 Å². The molecule has 0 rings (SSSR count). The van der Waals surface area contributed by atoms with Crippen LogP contribution in [0.15, 0.2) is 0 Å². The molecule has 1 atom stereocenters. The van der Waals surface area contributed by atoms with Crippen LogP contribution in [-0.4, -0.2) is 34.6 Å². The molecular weight excluding hydrogens is 180 g/mol. The lowest BCUT2D eigenvalue weighted by Crippen LogP contribution is -2.32. The summed E-state index contributed by atoms with van der Waals surface area (Å²) < 4.78 is 0. The first-order valence-corrected chi connectivity index (χ1v) is 5.44. The minimum Gasteiger partial charge on any atom is -0.396 e. The molecular formula is C11H24O3. The topological polar surface area (TPSA) is 60.7 Å². The Morgan fingerprint density at radius 1 is 1.00 bits per heavy atom. The zero-order valence-corrected chi connectivity index (χ0v) is 9.37. The van der Waals surface area contributed by atoms with Gasteiger partial charge in [-0.3, -0.25) is 0 Å². The third-order valence-corrected chi connectivity index (χ3v) is 2.70. The number of unbranched alkanes of at least 4 members (excludes halogenated alkanes) is 3. The van der Waals surface area contributed by atoms with Crippen LogP contribution in [0.3, 0.4) is 0 Å². The Hall–Kier alpha value is -0.120. The largest absolute Gasteiger partial charge is 0.396 e. The highest BCUT2D eigenvalue weighted by Gasteiger charge is 2.26. The first-order chi connectivity index (χ1) is 6.54. The average molecular weight is 204 g/mol. The van der Waals surface area contributed by atoms with E-state index in [-0.39, 0.29) is 13.2 Å². The number of hydrogen-bond acceptors (Lipinski definition) is 3. The lowest BCUT2D eigenvalue weighted by atomic mass is 9.85.